The lowest BCUT2D eigenvalue weighted by atomic mass is 9.87. The van der Waals surface area contributed by atoms with E-state index in [0.717, 1.165) is 28.7 Å². The van der Waals surface area contributed by atoms with E-state index in [1.165, 1.54) is 25.7 Å². The quantitative estimate of drug-likeness (QED) is 0.820. The Kier molecular flexibility index (Phi) is 5.26. The lowest BCUT2D eigenvalue weighted by Crippen LogP contribution is -2.26. The van der Waals surface area contributed by atoms with Crippen LogP contribution in [0.3, 0.4) is 0 Å². The standard InChI is InChI=1S/C21H29N3O/c1-15-5-9-18(10-6-15)24-20-22-13-17(14-23-20)16-7-11-19(12-8-16)25-21(2,3)4/h7-8,11-15,18H,5-6,9-10H2,1-4H3,(H,22,23,24)/t15-,18-. The number of hydrogen-bond donors (Lipinski definition) is 1. The van der Waals surface area contributed by atoms with Crippen molar-refractivity contribution in [1.29, 1.82) is 0 Å². The molecule has 1 aromatic carbocycles. The van der Waals surface area contributed by atoms with Gasteiger partial charge in [0.15, 0.2) is 0 Å². The first-order valence-corrected chi connectivity index (χ1v) is 9.27. The third-order valence-electron chi connectivity index (χ3n) is 4.61. The number of anilines is 1. The average molecular weight is 339 g/mol. The van der Waals surface area contributed by atoms with Crippen molar-refractivity contribution in [3.05, 3.63) is 36.7 Å². The summed E-state index contributed by atoms with van der Waals surface area (Å²) >= 11 is 0. The van der Waals surface area contributed by atoms with E-state index in [-0.39, 0.29) is 5.60 Å². The first-order valence-electron chi connectivity index (χ1n) is 9.27. The number of benzene rings is 1. The molecule has 0 aliphatic heterocycles. The fourth-order valence-electron chi connectivity index (χ4n) is 3.21. The summed E-state index contributed by atoms with van der Waals surface area (Å²) in [6.07, 6.45) is 8.78. The molecule has 1 fully saturated rings. The zero-order valence-electron chi connectivity index (χ0n) is 15.7. The van der Waals surface area contributed by atoms with Gasteiger partial charge in [-0.05, 0) is 70.1 Å². The molecule has 0 saturated heterocycles. The minimum atomic E-state index is -0.186. The predicted molar refractivity (Wildman–Crippen MR) is 103 cm³/mol. The van der Waals surface area contributed by atoms with Gasteiger partial charge in [0, 0.05) is 24.0 Å². The largest absolute Gasteiger partial charge is 0.488 e. The lowest BCUT2D eigenvalue weighted by molar-refractivity contribution is 0.131. The maximum Gasteiger partial charge on any atom is 0.222 e. The van der Waals surface area contributed by atoms with Gasteiger partial charge in [0.2, 0.25) is 5.95 Å². The van der Waals surface area contributed by atoms with E-state index in [1.54, 1.807) is 0 Å². The molecule has 0 unspecified atom stereocenters. The highest BCUT2D eigenvalue weighted by Crippen LogP contribution is 2.26. The molecule has 0 atom stereocenters. The van der Waals surface area contributed by atoms with Crippen molar-refractivity contribution < 1.29 is 4.74 Å². The Morgan fingerprint density at radius 3 is 2.08 bits per heavy atom. The van der Waals surface area contributed by atoms with E-state index in [9.17, 15) is 0 Å². The molecule has 25 heavy (non-hydrogen) atoms. The summed E-state index contributed by atoms with van der Waals surface area (Å²) in [5.41, 5.74) is 1.93. The summed E-state index contributed by atoms with van der Waals surface area (Å²) in [6.45, 7) is 8.48. The molecular formula is C21H29N3O. The number of rotatable bonds is 4. The Bertz CT molecular complexity index is 666. The van der Waals surface area contributed by atoms with E-state index < -0.39 is 0 Å². The number of nitrogens with one attached hydrogen (secondary N) is 1. The molecule has 0 amide bonds. The van der Waals surface area contributed by atoms with Crippen molar-refractivity contribution in [2.45, 2.75) is 65.0 Å². The van der Waals surface area contributed by atoms with Crippen LogP contribution in [0.1, 0.15) is 53.4 Å². The number of ether oxygens (including phenoxy) is 1. The first kappa shape index (κ1) is 17.7. The second-order valence-corrected chi connectivity index (χ2v) is 8.14. The van der Waals surface area contributed by atoms with Crippen LogP contribution in [-0.4, -0.2) is 21.6 Å². The van der Waals surface area contributed by atoms with Crippen LogP contribution in [0, 0.1) is 5.92 Å². The van der Waals surface area contributed by atoms with Gasteiger partial charge in [-0.2, -0.15) is 0 Å². The van der Waals surface area contributed by atoms with E-state index in [4.69, 9.17) is 4.74 Å². The Hall–Kier alpha value is -2.10. The lowest BCUT2D eigenvalue weighted by Gasteiger charge is -2.26. The van der Waals surface area contributed by atoms with Crippen molar-refractivity contribution in [3.8, 4) is 16.9 Å². The van der Waals surface area contributed by atoms with E-state index >= 15 is 0 Å². The van der Waals surface area contributed by atoms with Gasteiger partial charge in [0.1, 0.15) is 11.4 Å². The highest BCUT2D eigenvalue weighted by molar-refractivity contribution is 5.62. The van der Waals surface area contributed by atoms with E-state index in [0.29, 0.717) is 6.04 Å². The first-order chi connectivity index (χ1) is 11.9. The van der Waals surface area contributed by atoms with Gasteiger partial charge in [-0.1, -0.05) is 19.1 Å². The maximum absolute atomic E-state index is 5.86. The molecule has 1 aromatic heterocycles. The molecule has 4 heteroatoms. The van der Waals surface area contributed by atoms with Crippen LogP contribution in [0.4, 0.5) is 5.95 Å². The topological polar surface area (TPSA) is 47.0 Å². The van der Waals surface area contributed by atoms with Gasteiger partial charge in [-0.15, -0.1) is 0 Å². The summed E-state index contributed by atoms with van der Waals surface area (Å²) in [6, 6.07) is 8.60. The van der Waals surface area contributed by atoms with Crippen LogP contribution in [0.2, 0.25) is 0 Å². The van der Waals surface area contributed by atoms with Gasteiger partial charge in [0.25, 0.3) is 0 Å². The average Bonchev–Trinajstić information content (AvgIpc) is 2.57. The van der Waals surface area contributed by atoms with Crippen LogP contribution in [0.25, 0.3) is 11.1 Å². The minimum absolute atomic E-state index is 0.186. The third kappa shape index (κ3) is 5.18. The van der Waals surface area contributed by atoms with Gasteiger partial charge in [-0.3, -0.25) is 0 Å². The van der Waals surface area contributed by atoms with Crippen LogP contribution >= 0.6 is 0 Å². The molecule has 134 valence electrons. The monoisotopic (exact) mass is 339 g/mol. The van der Waals surface area contributed by atoms with E-state index in [2.05, 4.69) is 34.3 Å². The predicted octanol–water partition coefficient (Wildman–Crippen LogP) is 5.31. The second-order valence-electron chi connectivity index (χ2n) is 8.14. The molecule has 2 aromatic rings. The molecule has 1 heterocycles. The summed E-state index contributed by atoms with van der Waals surface area (Å²) in [5.74, 6) is 2.46. The Balaban J connectivity index is 1.62. The van der Waals surface area contributed by atoms with Crippen LogP contribution in [0.5, 0.6) is 5.75 Å². The van der Waals surface area contributed by atoms with Crippen LogP contribution in [0.15, 0.2) is 36.7 Å². The molecule has 0 radical (unpaired) electrons. The number of nitrogens with zero attached hydrogens (tertiary/aromatic N) is 2. The Morgan fingerprint density at radius 1 is 0.920 bits per heavy atom. The van der Waals surface area contributed by atoms with Crippen molar-refractivity contribution in [2.75, 3.05) is 5.32 Å². The van der Waals surface area contributed by atoms with Crippen molar-refractivity contribution in [1.82, 2.24) is 9.97 Å². The molecular weight excluding hydrogens is 310 g/mol. The molecule has 0 bridgehead atoms. The Labute approximate surface area is 151 Å². The highest BCUT2D eigenvalue weighted by Gasteiger charge is 2.18. The molecule has 1 aliphatic rings. The van der Waals surface area contributed by atoms with Crippen LogP contribution in [-0.2, 0) is 0 Å². The third-order valence-corrected chi connectivity index (χ3v) is 4.61. The van der Waals surface area contributed by atoms with Gasteiger partial charge < -0.3 is 10.1 Å². The minimum Gasteiger partial charge on any atom is -0.488 e. The summed E-state index contributed by atoms with van der Waals surface area (Å²) in [4.78, 5) is 8.99. The highest BCUT2D eigenvalue weighted by atomic mass is 16.5. The summed E-state index contributed by atoms with van der Waals surface area (Å²) < 4.78 is 5.86. The van der Waals surface area contributed by atoms with Gasteiger partial charge >= 0.3 is 0 Å². The molecule has 3 rings (SSSR count). The molecule has 1 N–H and O–H groups in total. The van der Waals surface area contributed by atoms with Crippen LogP contribution < -0.4 is 10.1 Å². The summed E-state index contributed by atoms with van der Waals surface area (Å²) in [5, 5.41) is 3.47. The number of aromatic nitrogens is 2. The number of hydrogen-bond acceptors (Lipinski definition) is 4. The van der Waals surface area contributed by atoms with Crippen molar-refractivity contribution in [2.24, 2.45) is 5.92 Å². The fraction of sp³-hybridized carbons (Fsp3) is 0.524. The maximum atomic E-state index is 5.86. The Morgan fingerprint density at radius 2 is 1.52 bits per heavy atom. The molecule has 0 spiro atoms. The molecule has 1 saturated carbocycles. The van der Waals surface area contributed by atoms with Crippen molar-refractivity contribution >= 4 is 5.95 Å². The SMILES string of the molecule is CC(C)(C)Oc1ccc(-c2cnc(N[C@H]3CC[C@H](C)CC3)nc2)cc1. The fourth-order valence-corrected chi connectivity index (χ4v) is 3.21. The van der Waals surface area contributed by atoms with Crippen molar-refractivity contribution in [3.63, 3.8) is 0 Å². The van der Waals surface area contributed by atoms with E-state index in [1.807, 2.05) is 45.3 Å². The molecule has 4 nitrogen and oxygen atoms in total. The normalized spacial score (nSPS) is 21.0. The zero-order chi connectivity index (χ0) is 17.9. The van der Waals surface area contributed by atoms with Gasteiger partial charge in [0.05, 0.1) is 0 Å². The zero-order valence-corrected chi connectivity index (χ0v) is 15.7. The summed E-state index contributed by atoms with van der Waals surface area (Å²) in [7, 11) is 0. The molecule has 1 aliphatic carbocycles. The smallest absolute Gasteiger partial charge is 0.222 e. The second kappa shape index (κ2) is 7.42. The van der Waals surface area contributed by atoms with Gasteiger partial charge in [-0.25, -0.2) is 9.97 Å².